The van der Waals surface area contributed by atoms with Gasteiger partial charge in [0.2, 0.25) is 0 Å². The van der Waals surface area contributed by atoms with Gasteiger partial charge in [0.15, 0.2) is 0 Å². The zero-order valence-electron chi connectivity index (χ0n) is 11.9. The average molecular weight is 301 g/mol. The number of hydrogen-bond acceptors (Lipinski definition) is 5. The van der Waals surface area contributed by atoms with Crippen LogP contribution in [0.25, 0.3) is 0 Å². The smallest absolute Gasteiger partial charge is 0.410 e. The van der Waals surface area contributed by atoms with Gasteiger partial charge >= 0.3 is 13.7 Å². The van der Waals surface area contributed by atoms with E-state index in [9.17, 15) is 9.36 Å². The topological polar surface area (TPSA) is 73.9 Å². The molecule has 0 radical (unpaired) electrons. The van der Waals surface area contributed by atoms with Crippen molar-refractivity contribution in [1.82, 2.24) is 5.32 Å². The third-order valence-corrected chi connectivity index (χ3v) is 4.42. The SMILES string of the molecule is CCOP(=O)(Cc1ccc(OC(=O)NC)cc1)OCC. The van der Waals surface area contributed by atoms with Crippen LogP contribution in [0, 0.1) is 0 Å². The minimum Gasteiger partial charge on any atom is -0.410 e. The molecule has 6 nitrogen and oxygen atoms in total. The molecule has 0 heterocycles. The van der Waals surface area contributed by atoms with Crippen LogP contribution >= 0.6 is 7.60 Å². The Hall–Kier alpha value is -1.36. The van der Waals surface area contributed by atoms with Crippen molar-refractivity contribution >= 4 is 13.7 Å². The number of benzene rings is 1. The van der Waals surface area contributed by atoms with Gasteiger partial charge in [-0.3, -0.25) is 4.57 Å². The van der Waals surface area contributed by atoms with Gasteiger partial charge < -0.3 is 19.1 Å². The Morgan fingerprint density at radius 1 is 1.15 bits per heavy atom. The molecule has 112 valence electrons. The predicted octanol–water partition coefficient (Wildman–Crippen LogP) is 3.17. The van der Waals surface area contributed by atoms with Gasteiger partial charge in [-0.2, -0.15) is 0 Å². The van der Waals surface area contributed by atoms with Gasteiger partial charge in [-0.1, -0.05) is 12.1 Å². The minimum absolute atomic E-state index is 0.189. The maximum absolute atomic E-state index is 12.4. The first kappa shape index (κ1) is 16.7. The molecule has 20 heavy (non-hydrogen) atoms. The van der Waals surface area contributed by atoms with Crippen molar-refractivity contribution in [3.8, 4) is 5.75 Å². The standard InChI is InChI=1S/C13H20NO5P/c1-4-17-20(16,18-5-2)10-11-6-8-12(9-7-11)19-13(15)14-3/h6-9H,4-5,10H2,1-3H3,(H,14,15). The summed E-state index contributed by atoms with van der Waals surface area (Å²) in [7, 11) is -1.63. The van der Waals surface area contributed by atoms with Crippen LogP contribution in [0.5, 0.6) is 5.75 Å². The third kappa shape index (κ3) is 5.33. The van der Waals surface area contributed by atoms with Crippen LogP contribution in [-0.2, 0) is 19.8 Å². The zero-order valence-corrected chi connectivity index (χ0v) is 12.8. The van der Waals surface area contributed by atoms with E-state index in [1.54, 1.807) is 38.1 Å². The first-order valence-electron chi connectivity index (χ1n) is 6.39. The number of amides is 1. The highest BCUT2D eigenvalue weighted by atomic mass is 31.2. The molecule has 0 saturated carbocycles. The zero-order chi connectivity index (χ0) is 15.0. The van der Waals surface area contributed by atoms with Crippen molar-refractivity contribution in [1.29, 1.82) is 0 Å². The molecule has 1 rings (SSSR count). The summed E-state index contributed by atoms with van der Waals surface area (Å²) >= 11 is 0. The van der Waals surface area contributed by atoms with Crippen molar-refractivity contribution in [2.75, 3.05) is 20.3 Å². The van der Waals surface area contributed by atoms with Crippen molar-refractivity contribution in [2.45, 2.75) is 20.0 Å². The summed E-state index contributed by atoms with van der Waals surface area (Å²) in [6, 6.07) is 6.71. The van der Waals surface area contributed by atoms with E-state index < -0.39 is 13.7 Å². The number of hydrogen-bond donors (Lipinski definition) is 1. The largest absolute Gasteiger partial charge is 0.412 e. The van der Waals surface area contributed by atoms with Crippen molar-refractivity contribution in [2.24, 2.45) is 0 Å². The molecule has 0 fully saturated rings. The molecule has 1 amide bonds. The van der Waals surface area contributed by atoms with Gasteiger partial charge in [0.25, 0.3) is 0 Å². The summed E-state index contributed by atoms with van der Waals surface area (Å²) in [6.07, 6.45) is -0.346. The second-order valence-electron chi connectivity index (χ2n) is 3.89. The molecule has 0 spiro atoms. The molecule has 0 unspecified atom stereocenters. The summed E-state index contributed by atoms with van der Waals surface area (Å²) in [6.45, 7) is 4.20. The molecule has 1 N–H and O–H groups in total. The molecular weight excluding hydrogens is 281 g/mol. The second-order valence-corrected chi connectivity index (χ2v) is 5.94. The van der Waals surface area contributed by atoms with Crippen LogP contribution in [0.1, 0.15) is 19.4 Å². The van der Waals surface area contributed by atoms with E-state index in [1.807, 2.05) is 0 Å². The van der Waals surface area contributed by atoms with Crippen molar-refractivity contribution < 1.29 is 23.1 Å². The van der Waals surface area contributed by atoms with E-state index in [4.69, 9.17) is 13.8 Å². The summed E-state index contributed by atoms with van der Waals surface area (Å²) in [5.74, 6) is 0.413. The summed E-state index contributed by atoms with van der Waals surface area (Å²) in [5.41, 5.74) is 0.791. The number of carbonyl (C=O) groups excluding carboxylic acids is 1. The van der Waals surface area contributed by atoms with E-state index in [-0.39, 0.29) is 6.16 Å². The van der Waals surface area contributed by atoms with Crippen LogP contribution in [0.4, 0.5) is 4.79 Å². The highest BCUT2D eigenvalue weighted by molar-refractivity contribution is 7.53. The van der Waals surface area contributed by atoms with Gasteiger partial charge in [-0.15, -0.1) is 0 Å². The fraction of sp³-hybridized carbons (Fsp3) is 0.462. The van der Waals surface area contributed by atoms with Gasteiger partial charge in [-0.05, 0) is 31.5 Å². The van der Waals surface area contributed by atoms with Crippen LogP contribution in [0.15, 0.2) is 24.3 Å². The number of ether oxygens (including phenoxy) is 1. The second kappa shape index (κ2) is 8.04. The van der Waals surface area contributed by atoms with E-state index in [1.165, 1.54) is 7.05 Å². The highest BCUT2D eigenvalue weighted by Crippen LogP contribution is 2.51. The van der Waals surface area contributed by atoms with Gasteiger partial charge in [0.05, 0.1) is 19.4 Å². The fourth-order valence-electron chi connectivity index (χ4n) is 1.57. The maximum atomic E-state index is 12.4. The average Bonchev–Trinajstić information content (AvgIpc) is 2.41. The molecule has 0 atom stereocenters. The lowest BCUT2D eigenvalue weighted by Crippen LogP contribution is -2.21. The Balaban J connectivity index is 2.72. The van der Waals surface area contributed by atoms with E-state index >= 15 is 0 Å². The van der Waals surface area contributed by atoms with Crippen LogP contribution in [0.3, 0.4) is 0 Å². The summed E-state index contributed by atoms with van der Waals surface area (Å²) in [4.78, 5) is 11.0. The number of rotatable bonds is 7. The molecular formula is C13H20NO5P. The Labute approximate surface area is 119 Å². The van der Waals surface area contributed by atoms with Gasteiger partial charge in [0.1, 0.15) is 5.75 Å². The summed E-state index contributed by atoms with van der Waals surface area (Å²) in [5, 5.41) is 2.35. The lowest BCUT2D eigenvalue weighted by atomic mass is 10.2. The lowest BCUT2D eigenvalue weighted by Gasteiger charge is -2.17. The molecule has 0 aliphatic rings. The van der Waals surface area contributed by atoms with Crippen LogP contribution in [0.2, 0.25) is 0 Å². The molecule has 0 aromatic heterocycles. The first-order valence-corrected chi connectivity index (χ1v) is 8.12. The first-order chi connectivity index (χ1) is 9.53. The fourth-order valence-corrected chi connectivity index (χ4v) is 3.27. The number of nitrogens with one attached hydrogen (secondary N) is 1. The quantitative estimate of drug-likeness (QED) is 0.783. The van der Waals surface area contributed by atoms with Crippen LogP contribution < -0.4 is 10.1 Å². The van der Waals surface area contributed by atoms with Crippen LogP contribution in [-0.4, -0.2) is 26.4 Å². The molecule has 7 heteroatoms. The molecule has 1 aromatic carbocycles. The van der Waals surface area contributed by atoms with Crippen molar-refractivity contribution in [3.63, 3.8) is 0 Å². The van der Waals surface area contributed by atoms with E-state index in [0.29, 0.717) is 19.0 Å². The van der Waals surface area contributed by atoms with Crippen molar-refractivity contribution in [3.05, 3.63) is 29.8 Å². The Bertz CT molecular complexity index is 464. The maximum Gasteiger partial charge on any atom is 0.412 e. The van der Waals surface area contributed by atoms with Gasteiger partial charge in [-0.25, -0.2) is 4.79 Å². The van der Waals surface area contributed by atoms with Gasteiger partial charge in [0, 0.05) is 7.05 Å². The molecule has 0 saturated heterocycles. The Kier molecular flexibility index (Phi) is 6.71. The van der Waals surface area contributed by atoms with E-state index in [2.05, 4.69) is 5.32 Å². The Morgan fingerprint density at radius 2 is 1.70 bits per heavy atom. The van der Waals surface area contributed by atoms with E-state index in [0.717, 1.165) is 5.56 Å². The predicted molar refractivity (Wildman–Crippen MR) is 76.1 cm³/mol. The Morgan fingerprint density at radius 3 is 2.15 bits per heavy atom. The number of carbonyl (C=O) groups is 1. The molecule has 0 bridgehead atoms. The third-order valence-electron chi connectivity index (χ3n) is 2.37. The monoisotopic (exact) mass is 301 g/mol. The molecule has 0 aliphatic carbocycles. The highest BCUT2D eigenvalue weighted by Gasteiger charge is 2.23. The molecule has 1 aromatic rings. The minimum atomic E-state index is -3.11. The molecule has 0 aliphatic heterocycles. The lowest BCUT2D eigenvalue weighted by molar-refractivity contribution is 0.203. The summed E-state index contributed by atoms with van der Waals surface area (Å²) < 4.78 is 27.8. The normalized spacial score (nSPS) is 11.2.